The molecule has 12 heteroatoms. The predicted octanol–water partition coefficient (Wildman–Crippen LogP) is 2.11. The average molecular weight is 452 g/mol. The van der Waals surface area contributed by atoms with Crippen LogP contribution in [-0.4, -0.2) is 37.3 Å². The number of aromatic hydroxyl groups is 4. The van der Waals surface area contributed by atoms with Crippen LogP contribution in [-0.2, 0) is 20.0 Å². The van der Waals surface area contributed by atoms with E-state index in [0.717, 1.165) is 42.5 Å². The molecule has 0 aliphatic heterocycles. The SMILES string of the molecule is O=S(=O)(Nc1cccc(NS(=O)(=O)c2cc(O)ccc2O)c1)c1cc(O)ccc1O. The Bertz CT molecular complexity index is 1220. The fourth-order valence-electron chi connectivity index (χ4n) is 2.50. The molecule has 158 valence electrons. The highest BCUT2D eigenvalue weighted by atomic mass is 32.2. The summed E-state index contributed by atoms with van der Waals surface area (Å²) in [7, 11) is -8.60. The lowest BCUT2D eigenvalue weighted by Gasteiger charge is -2.13. The van der Waals surface area contributed by atoms with Gasteiger partial charge in [0.1, 0.15) is 32.8 Å². The molecule has 30 heavy (non-hydrogen) atoms. The summed E-state index contributed by atoms with van der Waals surface area (Å²) in [4.78, 5) is -1.14. The van der Waals surface area contributed by atoms with E-state index in [2.05, 4.69) is 9.44 Å². The molecule has 0 fully saturated rings. The molecule has 6 N–H and O–H groups in total. The number of hydrogen-bond donors (Lipinski definition) is 6. The highest BCUT2D eigenvalue weighted by Gasteiger charge is 2.22. The molecule has 0 atom stereocenters. The number of benzene rings is 3. The average Bonchev–Trinajstić information content (AvgIpc) is 2.65. The number of anilines is 2. The van der Waals surface area contributed by atoms with Crippen molar-refractivity contribution in [3.63, 3.8) is 0 Å². The first-order chi connectivity index (χ1) is 14.0. The molecular formula is C18H16N2O8S2. The Kier molecular flexibility index (Phi) is 5.37. The maximum absolute atomic E-state index is 12.5. The van der Waals surface area contributed by atoms with E-state index in [1.165, 1.54) is 18.2 Å². The van der Waals surface area contributed by atoms with Gasteiger partial charge in [-0.1, -0.05) is 6.07 Å². The lowest BCUT2D eigenvalue weighted by molar-refractivity contribution is 0.445. The second-order valence-electron chi connectivity index (χ2n) is 6.10. The van der Waals surface area contributed by atoms with Crippen LogP contribution in [0.5, 0.6) is 23.0 Å². The second-order valence-corrected chi connectivity index (χ2v) is 9.40. The van der Waals surface area contributed by atoms with Crippen LogP contribution in [0.3, 0.4) is 0 Å². The van der Waals surface area contributed by atoms with E-state index in [9.17, 15) is 37.3 Å². The van der Waals surface area contributed by atoms with Crippen molar-refractivity contribution in [3.8, 4) is 23.0 Å². The molecule has 3 aromatic carbocycles. The number of phenols is 4. The van der Waals surface area contributed by atoms with Gasteiger partial charge in [-0.2, -0.15) is 0 Å². The largest absolute Gasteiger partial charge is 0.508 e. The first-order valence-electron chi connectivity index (χ1n) is 8.18. The topological polar surface area (TPSA) is 173 Å². The molecule has 0 heterocycles. The van der Waals surface area contributed by atoms with Gasteiger partial charge in [0.2, 0.25) is 0 Å². The zero-order valence-electron chi connectivity index (χ0n) is 15.0. The number of sulfonamides is 2. The third-order valence-electron chi connectivity index (χ3n) is 3.83. The number of phenolic OH excluding ortho intramolecular Hbond substituents is 4. The van der Waals surface area contributed by atoms with Gasteiger partial charge in [-0.25, -0.2) is 16.8 Å². The molecule has 0 spiro atoms. The quantitative estimate of drug-likeness (QED) is 0.308. The molecule has 0 saturated heterocycles. The van der Waals surface area contributed by atoms with Gasteiger partial charge in [0, 0.05) is 12.1 Å². The van der Waals surface area contributed by atoms with Crippen LogP contribution >= 0.6 is 0 Å². The molecule has 0 aliphatic rings. The fraction of sp³-hybridized carbons (Fsp3) is 0. The number of nitrogens with one attached hydrogen (secondary N) is 2. The van der Waals surface area contributed by atoms with Crippen LogP contribution in [0.15, 0.2) is 70.5 Å². The molecule has 3 aromatic rings. The van der Waals surface area contributed by atoms with E-state index in [1.54, 1.807) is 0 Å². The van der Waals surface area contributed by atoms with Gasteiger partial charge < -0.3 is 20.4 Å². The van der Waals surface area contributed by atoms with Crippen molar-refractivity contribution < 1.29 is 37.3 Å². The number of hydrogen-bond acceptors (Lipinski definition) is 8. The zero-order valence-corrected chi connectivity index (χ0v) is 16.6. The fourth-order valence-corrected chi connectivity index (χ4v) is 4.84. The molecule has 0 amide bonds. The third-order valence-corrected chi connectivity index (χ3v) is 6.65. The molecule has 0 aliphatic carbocycles. The van der Waals surface area contributed by atoms with Gasteiger partial charge >= 0.3 is 0 Å². The van der Waals surface area contributed by atoms with Crippen molar-refractivity contribution in [3.05, 3.63) is 60.7 Å². The Labute approximate surface area is 171 Å². The highest BCUT2D eigenvalue weighted by Crippen LogP contribution is 2.31. The van der Waals surface area contributed by atoms with Gasteiger partial charge in [0.15, 0.2) is 0 Å². The summed E-state index contributed by atoms with van der Waals surface area (Å²) in [6.07, 6.45) is 0. The van der Waals surface area contributed by atoms with Crippen LogP contribution in [0.1, 0.15) is 0 Å². The first kappa shape index (κ1) is 21.1. The van der Waals surface area contributed by atoms with Crippen molar-refractivity contribution in [2.45, 2.75) is 9.79 Å². The number of rotatable bonds is 6. The molecular weight excluding hydrogens is 436 g/mol. The van der Waals surface area contributed by atoms with Crippen LogP contribution in [0.2, 0.25) is 0 Å². The van der Waals surface area contributed by atoms with Crippen LogP contribution in [0.4, 0.5) is 11.4 Å². The van der Waals surface area contributed by atoms with Crippen molar-refractivity contribution in [2.24, 2.45) is 0 Å². The summed E-state index contributed by atoms with van der Waals surface area (Å²) >= 11 is 0. The van der Waals surface area contributed by atoms with Gasteiger partial charge in [-0.05, 0) is 42.5 Å². The molecule has 0 radical (unpaired) electrons. The zero-order chi connectivity index (χ0) is 22.1. The van der Waals surface area contributed by atoms with Crippen LogP contribution in [0.25, 0.3) is 0 Å². The first-order valence-corrected chi connectivity index (χ1v) is 11.1. The maximum atomic E-state index is 12.5. The van der Waals surface area contributed by atoms with E-state index in [-0.39, 0.29) is 22.9 Å². The summed E-state index contributed by atoms with van der Waals surface area (Å²) < 4.78 is 54.3. The van der Waals surface area contributed by atoms with E-state index < -0.39 is 41.3 Å². The summed E-state index contributed by atoms with van der Waals surface area (Å²) in [5.74, 6) is -1.92. The van der Waals surface area contributed by atoms with Gasteiger partial charge in [-0.15, -0.1) is 0 Å². The van der Waals surface area contributed by atoms with Crippen molar-refractivity contribution in [1.29, 1.82) is 0 Å². The minimum atomic E-state index is -4.30. The van der Waals surface area contributed by atoms with Crippen LogP contribution < -0.4 is 9.44 Å². The highest BCUT2D eigenvalue weighted by molar-refractivity contribution is 7.93. The lowest BCUT2D eigenvalue weighted by Crippen LogP contribution is -2.15. The standard InChI is InChI=1S/C18H16N2O8S2/c21-13-4-6-15(23)17(9-13)29(25,26)19-11-2-1-3-12(8-11)20-30(27,28)18-10-14(22)5-7-16(18)24/h1-10,19-24H. The smallest absolute Gasteiger partial charge is 0.265 e. The third kappa shape index (κ3) is 4.50. The Balaban J connectivity index is 1.90. The van der Waals surface area contributed by atoms with E-state index in [1.807, 2.05) is 0 Å². The molecule has 10 nitrogen and oxygen atoms in total. The minimum Gasteiger partial charge on any atom is -0.508 e. The summed E-state index contributed by atoms with van der Waals surface area (Å²) in [6.45, 7) is 0. The normalized spacial score (nSPS) is 11.7. The Morgan fingerprint density at radius 1 is 0.567 bits per heavy atom. The Hall–Kier alpha value is -3.64. The van der Waals surface area contributed by atoms with Gasteiger partial charge in [-0.3, -0.25) is 9.44 Å². The van der Waals surface area contributed by atoms with Crippen molar-refractivity contribution in [2.75, 3.05) is 9.44 Å². The van der Waals surface area contributed by atoms with Crippen molar-refractivity contribution >= 4 is 31.4 Å². The summed E-state index contributed by atoms with van der Waals surface area (Å²) in [5.41, 5.74) is -0.0869. The monoisotopic (exact) mass is 452 g/mol. The Morgan fingerprint density at radius 2 is 0.967 bits per heavy atom. The molecule has 0 aromatic heterocycles. The van der Waals surface area contributed by atoms with Crippen molar-refractivity contribution in [1.82, 2.24) is 0 Å². The van der Waals surface area contributed by atoms with E-state index in [4.69, 9.17) is 0 Å². The summed E-state index contributed by atoms with van der Waals surface area (Å²) in [6, 6.07) is 11.1. The van der Waals surface area contributed by atoms with Gasteiger partial charge in [0.25, 0.3) is 20.0 Å². The predicted molar refractivity (Wildman–Crippen MR) is 108 cm³/mol. The maximum Gasteiger partial charge on any atom is 0.265 e. The van der Waals surface area contributed by atoms with E-state index >= 15 is 0 Å². The van der Waals surface area contributed by atoms with Crippen LogP contribution in [0, 0.1) is 0 Å². The second kappa shape index (κ2) is 7.65. The molecule has 3 rings (SSSR count). The Morgan fingerprint density at radius 3 is 1.37 bits per heavy atom. The summed E-state index contributed by atoms with van der Waals surface area (Å²) in [5, 5.41) is 38.5. The minimum absolute atomic E-state index is 0.0435. The molecule has 0 unspecified atom stereocenters. The molecule has 0 saturated carbocycles. The van der Waals surface area contributed by atoms with Gasteiger partial charge in [0.05, 0.1) is 11.4 Å². The molecule has 0 bridgehead atoms. The van der Waals surface area contributed by atoms with E-state index in [0.29, 0.717) is 0 Å². The lowest BCUT2D eigenvalue weighted by atomic mass is 10.3.